The molecule has 0 aromatic rings. The van der Waals surface area contributed by atoms with Crippen LogP contribution in [0.5, 0.6) is 0 Å². The SMILES string of the molecule is CCC1CCC[C@H](CC)C1. The van der Waals surface area contributed by atoms with Crippen molar-refractivity contribution < 1.29 is 0 Å². The van der Waals surface area contributed by atoms with Crippen molar-refractivity contribution in [3.05, 3.63) is 0 Å². The Hall–Kier alpha value is 0. The van der Waals surface area contributed by atoms with Crippen molar-refractivity contribution >= 4 is 0 Å². The Kier molecular flexibility index (Phi) is 3.24. The molecule has 1 unspecified atom stereocenters. The summed E-state index contributed by atoms with van der Waals surface area (Å²) in [6, 6.07) is 0. The van der Waals surface area contributed by atoms with Gasteiger partial charge in [-0.25, -0.2) is 0 Å². The van der Waals surface area contributed by atoms with Crippen molar-refractivity contribution in [1.82, 2.24) is 0 Å². The summed E-state index contributed by atoms with van der Waals surface area (Å²) in [7, 11) is 0. The molecule has 0 spiro atoms. The van der Waals surface area contributed by atoms with Gasteiger partial charge in [-0.15, -0.1) is 0 Å². The molecule has 10 heavy (non-hydrogen) atoms. The second-order valence-electron chi connectivity index (χ2n) is 3.72. The highest BCUT2D eigenvalue weighted by Gasteiger charge is 2.18. The summed E-state index contributed by atoms with van der Waals surface area (Å²) in [4.78, 5) is 0. The first-order valence-electron chi connectivity index (χ1n) is 4.86. The summed E-state index contributed by atoms with van der Waals surface area (Å²) in [5.41, 5.74) is 0. The monoisotopic (exact) mass is 140 g/mol. The first kappa shape index (κ1) is 8.10. The molecular formula is C10H20. The molecule has 0 aliphatic heterocycles. The number of hydrogen-bond donors (Lipinski definition) is 0. The van der Waals surface area contributed by atoms with Gasteiger partial charge in [-0.1, -0.05) is 46.0 Å². The molecule has 0 saturated heterocycles. The van der Waals surface area contributed by atoms with Crippen LogP contribution in [0.15, 0.2) is 0 Å². The van der Waals surface area contributed by atoms with Gasteiger partial charge in [0.25, 0.3) is 0 Å². The zero-order chi connectivity index (χ0) is 7.40. The van der Waals surface area contributed by atoms with Crippen LogP contribution in [-0.2, 0) is 0 Å². The minimum Gasteiger partial charge on any atom is -0.0651 e. The Balaban J connectivity index is 2.25. The van der Waals surface area contributed by atoms with Gasteiger partial charge in [0, 0.05) is 0 Å². The largest absolute Gasteiger partial charge is 0.0651 e. The van der Waals surface area contributed by atoms with E-state index in [0.29, 0.717) is 0 Å². The lowest BCUT2D eigenvalue weighted by Crippen LogP contribution is -2.13. The Morgan fingerprint density at radius 2 is 1.50 bits per heavy atom. The molecule has 2 atom stereocenters. The van der Waals surface area contributed by atoms with Crippen LogP contribution in [0.25, 0.3) is 0 Å². The summed E-state index contributed by atoms with van der Waals surface area (Å²) >= 11 is 0. The number of hydrogen-bond acceptors (Lipinski definition) is 0. The maximum absolute atomic E-state index is 2.34. The zero-order valence-corrected chi connectivity index (χ0v) is 7.40. The quantitative estimate of drug-likeness (QED) is 0.549. The van der Waals surface area contributed by atoms with Gasteiger partial charge in [-0.3, -0.25) is 0 Å². The smallest absolute Gasteiger partial charge is 0.0414 e. The van der Waals surface area contributed by atoms with Gasteiger partial charge in [-0.2, -0.15) is 0 Å². The van der Waals surface area contributed by atoms with Crippen LogP contribution in [0.3, 0.4) is 0 Å². The molecule has 0 bridgehead atoms. The molecule has 0 heterocycles. The molecule has 1 aliphatic carbocycles. The predicted molar refractivity (Wildman–Crippen MR) is 46.0 cm³/mol. The molecule has 0 amide bonds. The zero-order valence-electron chi connectivity index (χ0n) is 7.40. The fourth-order valence-electron chi connectivity index (χ4n) is 2.14. The average Bonchev–Trinajstić information content (AvgIpc) is 2.05. The lowest BCUT2D eigenvalue weighted by molar-refractivity contribution is 0.255. The lowest BCUT2D eigenvalue weighted by Gasteiger charge is -2.27. The number of rotatable bonds is 2. The molecule has 0 nitrogen and oxygen atoms in total. The molecule has 0 N–H and O–H groups in total. The lowest BCUT2D eigenvalue weighted by atomic mass is 9.79. The normalized spacial score (nSPS) is 34.2. The van der Waals surface area contributed by atoms with E-state index in [9.17, 15) is 0 Å². The molecule has 0 aromatic heterocycles. The van der Waals surface area contributed by atoms with Crippen LogP contribution < -0.4 is 0 Å². The molecule has 0 aromatic carbocycles. The molecule has 0 heteroatoms. The van der Waals surface area contributed by atoms with E-state index in [1.165, 1.54) is 38.5 Å². The van der Waals surface area contributed by atoms with Crippen molar-refractivity contribution in [3.8, 4) is 0 Å². The van der Waals surface area contributed by atoms with Gasteiger partial charge in [-0.05, 0) is 18.3 Å². The summed E-state index contributed by atoms with van der Waals surface area (Å²) in [5, 5.41) is 0. The van der Waals surface area contributed by atoms with Crippen molar-refractivity contribution in [2.45, 2.75) is 52.4 Å². The van der Waals surface area contributed by atoms with Crippen LogP contribution in [0.2, 0.25) is 0 Å². The third kappa shape index (κ3) is 2.00. The average molecular weight is 140 g/mol. The molecule has 1 fully saturated rings. The van der Waals surface area contributed by atoms with Gasteiger partial charge in [0.1, 0.15) is 0 Å². The van der Waals surface area contributed by atoms with Crippen molar-refractivity contribution in [1.29, 1.82) is 0 Å². The third-order valence-corrected chi connectivity index (χ3v) is 3.05. The molecular weight excluding hydrogens is 120 g/mol. The highest BCUT2D eigenvalue weighted by atomic mass is 14.2. The molecule has 1 aliphatic rings. The second kappa shape index (κ2) is 4.00. The van der Waals surface area contributed by atoms with E-state index >= 15 is 0 Å². The minimum atomic E-state index is 1.07. The van der Waals surface area contributed by atoms with Gasteiger partial charge in [0.05, 0.1) is 0 Å². The molecule has 0 radical (unpaired) electrons. The predicted octanol–water partition coefficient (Wildman–Crippen LogP) is 3.61. The summed E-state index contributed by atoms with van der Waals surface area (Å²) in [5.74, 6) is 2.14. The van der Waals surface area contributed by atoms with Crippen LogP contribution in [-0.4, -0.2) is 0 Å². The van der Waals surface area contributed by atoms with Crippen molar-refractivity contribution in [2.24, 2.45) is 11.8 Å². The van der Waals surface area contributed by atoms with E-state index in [1.807, 2.05) is 0 Å². The van der Waals surface area contributed by atoms with E-state index in [1.54, 1.807) is 0 Å². The Morgan fingerprint density at radius 3 is 1.90 bits per heavy atom. The maximum atomic E-state index is 2.34. The van der Waals surface area contributed by atoms with Gasteiger partial charge in [0.2, 0.25) is 0 Å². The van der Waals surface area contributed by atoms with E-state index < -0.39 is 0 Å². The topological polar surface area (TPSA) is 0 Å². The van der Waals surface area contributed by atoms with E-state index in [0.717, 1.165) is 11.8 Å². The van der Waals surface area contributed by atoms with E-state index in [4.69, 9.17) is 0 Å². The van der Waals surface area contributed by atoms with Crippen LogP contribution in [0.1, 0.15) is 52.4 Å². The van der Waals surface area contributed by atoms with Gasteiger partial charge < -0.3 is 0 Å². The highest BCUT2D eigenvalue weighted by molar-refractivity contribution is 4.70. The van der Waals surface area contributed by atoms with Crippen molar-refractivity contribution in [3.63, 3.8) is 0 Å². The summed E-state index contributed by atoms with van der Waals surface area (Å²) < 4.78 is 0. The summed E-state index contributed by atoms with van der Waals surface area (Å²) in [6.07, 6.45) is 8.86. The third-order valence-electron chi connectivity index (χ3n) is 3.05. The Labute approximate surface area is 65.0 Å². The van der Waals surface area contributed by atoms with Crippen LogP contribution >= 0.6 is 0 Å². The minimum absolute atomic E-state index is 1.07. The van der Waals surface area contributed by atoms with E-state index in [2.05, 4.69) is 13.8 Å². The Morgan fingerprint density at radius 1 is 1.00 bits per heavy atom. The maximum Gasteiger partial charge on any atom is -0.0414 e. The van der Waals surface area contributed by atoms with Crippen LogP contribution in [0.4, 0.5) is 0 Å². The molecule has 60 valence electrons. The van der Waals surface area contributed by atoms with Gasteiger partial charge >= 0.3 is 0 Å². The van der Waals surface area contributed by atoms with Crippen molar-refractivity contribution in [2.75, 3.05) is 0 Å². The fraction of sp³-hybridized carbons (Fsp3) is 1.00. The first-order chi connectivity index (χ1) is 4.86. The first-order valence-corrected chi connectivity index (χ1v) is 4.86. The van der Waals surface area contributed by atoms with E-state index in [-0.39, 0.29) is 0 Å². The van der Waals surface area contributed by atoms with Gasteiger partial charge in [0.15, 0.2) is 0 Å². The fourth-order valence-corrected chi connectivity index (χ4v) is 2.14. The Bertz CT molecular complexity index is 76.0. The molecule has 1 saturated carbocycles. The molecule has 1 rings (SSSR count). The standard InChI is InChI=1S/C10H20/c1-3-9-6-5-7-10(4-2)8-9/h9-10H,3-8H2,1-2H3/t9-,10?/m0/s1. The second-order valence-corrected chi connectivity index (χ2v) is 3.72. The summed E-state index contributed by atoms with van der Waals surface area (Å²) in [6.45, 7) is 4.67. The van der Waals surface area contributed by atoms with Crippen LogP contribution in [0, 0.1) is 11.8 Å². The highest BCUT2D eigenvalue weighted by Crippen LogP contribution is 2.32.